The van der Waals surface area contributed by atoms with Crippen LogP contribution in [0.3, 0.4) is 0 Å². The maximum absolute atomic E-state index is 16.1. The van der Waals surface area contributed by atoms with Crippen molar-refractivity contribution in [2.24, 2.45) is 5.73 Å². The first kappa shape index (κ1) is 31.3. The second-order valence-corrected chi connectivity index (χ2v) is 11.9. The molecule has 6 rings (SSSR count). The summed E-state index contributed by atoms with van der Waals surface area (Å²) in [4.78, 5) is 34.1. The van der Waals surface area contributed by atoms with Gasteiger partial charge in [0, 0.05) is 46.9 Å². The average Bonchev–Trinajstić information content (AvgIpc) is 3.77. The Kier molecular flexibility index (Phi) is 8.54. The van der Waals surface area contributed by atoms with Crippen molar-refractivity contribution >= 4 is 22.7 Å². The number of benzene rings is 2. The molecule has 240 valence electrons. The maximum Gasteiger partial charge on any atom is 0.387 e. The molecule has 12 heteroatoms. The number of carbonyl (C=O) groups is 2. The van der Waals surface area contributed by atoms with E-state index in [9.17, 15) is 22.8 Å². The number of amides is 2. The van der Waals surface area contributed by atoms with Gasteiger partial charge in [0.25, 0.3) is 5.91 Å². The predicted molar refractivity (Wildman–Crippen MR) is 162 cm³/mol. The van der Waals surface area contributed by atoms with E-state index >= 15 is 4.39 Å². The third-order valence-corrected chi connectivity index (χ3v) is 8.57. The molecule has 1 saturated carbocycles. The van der Waals surface area contributed by atoms with Crippen molar-refractivity contribution < 1.29 is 36.6 Å². The number of fused-ring (bicyclic) bond motifs is 2. The molecule has 2 aliphatic rings. The van der Waals surface area contributed by atoms with Crippen LogP contribution >= 0.6 is 0 Å². The highest BCUT2D eigenvalue weighted by molar-refractivity contribution is 6.00. The number of rotatable bonds is 11. The Bertz CT molecular complexity index is 1800. The number of hydrogen-bond acceptors (Lipinski definition) is 6. The molecule has 2 amide bonds. The molecule has 3 N–H and O–H groups in total. The Balaban J connectivity index is 1.36. The van der Waals surface area contributed by atoms with Crippen molar-refractivity contribution in [1.82, 2.24) is 15.3 Å². The standard InChI is InChI=1S/C34H32F4N4O4/c1-18-12-21-13-22(14-27(46-33(36)37)29(21)40-16-18)32(44)41-17-25(34(38)9-10-34)26-15-24-19(4-7-28(39)43)8-11-45-31(24)30(42-26)20-2-5-23(35)6-3-20/h2-3,5-6,12-16,19,25,33H,4,7-11,17H2,1H3,(H2,39,43)(H,41,44)/t19-,25-/m1/s1. The zero-order chi connectivity index (χ0) is 32.6. The van der Waals surface area contributed by atoms with Crippen LogP contribution in [0.1, 0.15) is 71.1 Å². The molecule has 0 bridgehead atoms. The molecule has 1 fully saturated rings. The molecular weight excluding hydrogens is 604 g/mol. The first-order valence-electron chi connectivity index (χ1n) is 15.0. The lowest BCUT2D eigenvalue weighted by atomic mass is 9.85. The summed E-state index contributed by atoms with van der Waals surface area (Å²) in [6, 6.07) is 11.9. The molecule has 3 heterocycles. The van der Waals surface area contributed by atoms with Crippen molar-refractivity contribution in [2.75, 3.05) is 13.2 Å². The highest BCUT2D eigenvalue weighted by Gasteiger charge is 2.52. The molecule has 0 saturated heterocycles. The minimum absolute atomic E-state index is 0.0447. The van der Waals surface area contributed by atoms with Crippen LogP contribution in [0.4, 0.5) is 17.6 Å². The van der Waals surface area contributed by atoms with Gasteiger partial charge in [0.15, 0.2) is 5.75 Å². The van der Waals surface area contributed by atoms with E-state index < -0.39 is 35.8 Å². The van der Waals surface area contributed by atoms with Gasteiger partial charge >= 0.3 is 6.61 Å². The normalized spacial score (nSPS) is 17.2. The Labute approximate surface area is 262 Å². The van der Waals surface area contributed by atoms with Crippen molar-refractivity contribution in [2.45, 2.75) is 63.1 Å². The number of alkyl halides is 3. The van der Waals surface area contributed by atoms with Gasteiger partial charge < -0.3 is 20.5 Å². The molecule has 0 unspecified atom stereocenters. The second-order valence-electron chi connectivity index (χ2n) is 11.9. The van der Waals surface area contributed by atoms with Crippen LogP contribution < -0.4 is 20.5 Å². The first-order chi connectivity index (χ1) is 22.0. The number of hydrogen-bond donors (Lipinski definition) is 2. The number of ether oxygens (including phenoxy) is 2. The molecule has 0 spiro atoms. The molecule has 8 nitrogen and oxygen atoms in total. The number of halogens is 4. The number of nitrogens with zero attached hydrogens (tertiary/aromatic N) is 2. The van der Waals surface area contributed by atoms with E-state index in [0.717, 1.165) is 11.1 Å². The Morgan fingerprint density at radius 2 is 1.91 bits per heavy atom. The van der Waals surface area contributed by atoms with E-state index in [-0.39, 0.29) is 48.6 Å². The van der Waals surface area contributed by atoms with Crippen molar-refractivity contribution in [3.8, 4) is 22.8 Å². The van der Waals surface area contributed by atoms with E-state index in [1.165, 1.54) is 30.5 Å². The first-order valence-corrected chi connectivity index (χ1v) is 15.0. The molecule has 46 heavy (non-hydrogen) atoms. The summed E-state index contributed by atoms with van der Waals surface area (Å²) in [5.41, 5.74) is 6.85. The predicted octanol–water partition coefficient (Wildman–Crippen LogP) is 6.49. The molecule has 2 atom stereocenters. The molecule has 1 aliphatic carbocycles. The molecular formula is C34H32F4N4O4. The number of aryl methyl sites for hydroxylation is 1. The minimum atomic E-state index is -3.13. The number of carbonyl (C=O) groups excluding carboxylic acids is 2. The number of nitrogens with one attached hydrogen (secondary N) is 1. The zero-order valence-electron chi connectivity index (χ0n) is 25.0. The van der Waals surface area contributed by atoms with Crippen molar-refractivity contribution in [3.63, 3.8) is 0 Å². The highest BCUT2D eigenvalue weighted by atomic mass is 19.3. The van der Waals surface area contributed by atoms with Crippen molar-refractivity contribution in [3.05, 3.63) is 82.9 Å². The largest absolute Gasteiger partial charge is 0.491 e. The average molecular weight is 637 g/mol. The fourth-order valence-corrected chi connectivity index (χ4v) is 6.05. The fraction of sp³-hybridized carbons (Fsp3) is 0.353. The quantitative estimate of drug-likeness (QED) is 0.182. The second kappa shape index (κ2) is 12.6. The molecule has 0 radical (unpaired) electrons. The van der Waals surface area contributed by atoms with Crippen LogP contribution in [-0.4, -0.2) is 47.2 Å². The summed E-state index contributed by atoms with van der Waals surface area (Å²) in [6.07, 6.45) is 3.24. The lowest BCUT2D eigenvalue weighted by molar-refractivity contribution is -0.118. The van der Waals surface area contributed by atoms with Gasteiger partial charge in [-0.15, -0.1) is 0 Å². The molecule has 4 aromatic rings. The van der Waals surface area contributed by atoms with Crippen LogP contribution in [0.25, 0.3) is 22.2 Å². The molecule has 1 aliphatic heterocycles. The summed E-state index contributed by atoms with van der Waals surface area (Å²) < 4.78 is 67.0. The number of nitrogens with two attached hydrogens (primary N) is 1. The van der Waals surface area contributed by atoms with Gasteiger partial charge in [-0.2, -0.15) is 8.78 Å². The number of aromatic nitrogens is 2. The highest BCUT2D eigenvalue weighted by Crippen LogP contribution is 2.52. The topological polar surface area (TPSA) is 116 Å². The van der Waals surface area contributed by atoms with Crippen LogP contribution in [-0.2, 0) is 4.79 Å². The zero-order valence-corrected chi connectivity index (χ0v) is 25.0. The Morgan fingerprint density at radius 3 is 2.61 bits per heavy atom. The summed E-state index contributed by atoms with van der Waals surface area (Å²) in [5.74, 6) is -2.25. The van der Waals surface area contributed by atoms with E-state index in [1.807, 2.05) is 0 Å². The third kappa shape index (κ3) is 6.61. The maximum atomic E-state index is 16.1. The van der Waals surface area contributed by atoms with Gasteiger partial charge in [-0.05, 0) is 92.6 Å². The Hall–Kier alpha value is -4.74. The van der Waals surface area contributed by atoms with Crippen LogP contribution in [0.2, 0.25) is 0 Å². The van der Waals surface area contributed by atoms with Crippen molar-refractivity contribution in [1.29, 1.82) is 0 Å². The smallest absolute Gasteiger partial charge is 0.387 e. The van der Waals surface area contributed by atoms with Crippen LogP contribution in [0.5, 0.6) is 11.5 Å². The molecule has 2 aromatic carbocycles. The summed E-state index contributed by atoms with van der Waals surface area (Å²) in [6.45, 7) is -1.12. The van der Waals surface area contributed by atoms with Gasteiger partial charge in [-0.25, -0.2) is 13.8 Å². The summed E-state index contributed by atoms with van der Waals surface area (Å²) >= 11 is 0. The third-order valence-electron chi connectivity index (χ3n) is 8.57. The van der Waals surface area contributed by atoms with Gasteiger partial charge in [-0.3, -0.25) is 14.6 Å². The van der Waals surface area contributed by atoms with Gasteiger partial charge in [0.05, 0.1) is 12.5 Å². The van der Waals surface area contributed by atoms with Crippen LogP contribution in [0, 0.1) is 12.7 Å². The van der Waals surface area contributed by atoms with E-state index in [4.69, 9.17) is 15.5 Å². The summed E-state index contributed by atoms with van der Waals surface area (Å²) in [5, 5.41) is 3.21. The lowest BCUT2D eigenvalue weighted by Gasteiger charge is -2.30. The van der Waals surface area contributed by atoms with Gasteiger partial charge in [0.1, 0.15) is 28.4 Å². The summed E-state index contributed by atoms with van der Waals surface area (Å²) in [7, 11) is 0. The number of pyridine rings is 2. The van der Waals surface area contributed by atoms with E-state index in [0.29, 0.717) is 47.5 Å². The molecule has 2 aromatic heterocycles. The van der Waals surface area contributed by atoms with Gasteiger partial charge in [-0.1, -0.05) is 0 Å². The SMILES string of the molecule is Cc1cnc2c(OC(F)F)cc(C(=O)NC[C@H](c3cc4c(c(-c5ccc(F)cc5)n3)OCC[C@H]4CCC(N)=O)C3(F)CC3)cc2c1. The van der Waals surface area contributed by atoms with Gasteiger partial charge in [0.2, 0.25) is 5.91 Å². The monoisotopic (exact) mass is 636 g/mol. The van der Waals surface area contributed by atoms with E-state index in [2.05, 4.69) is 15.0 Å². The fourth-order valence-electron chi connectivity index (χ4n) is 6.05. The lowest BCUT2D eigenvalue weighted by Crippen LogP contribution is -2.34. The van der Waals surface area contributed by atoms with Crippen LogP contribution in [0.15, 0.2) is 54.7 Å². The number of primary amides is 1. The minimum Gasteiger partial charge on any atom is -0.491 e. The van der Waals surface area contributed by atoms with E-state index in [1.54, 1.807) is 31.2 Å². The Morgan fingerprint density at radius 1 is 1.15 bits per heavy atom.